The van der Waals surface area contributed by atoms with Crippen molar-refractivity contribution in [3.8, 4) is 11.8 Å². The molecule has 0 unspecified atom stereocenters. The summed E-state index contributed by atoms with van der Waals surface area (Å²) in [7, 11) is 0. The fourth-order valence-corrected chi connectivity index (χ4v) is 1.91. The molecule has 2 rings (SSSR count). The van der Waals surface area contributed by atoms with E-state index in [1.807, 2.05) is 36.4 Å². The van der Waals surface area contributed by atoms with Crippen molar-refractivity contribution in [2.45, 2.75) is 13.0 Å². The lowest BCUT2D eigenvalue weighted by atomic mass is 10.1. The fraction of sp³-hybridized carbons (Fsp3) is 0.235. The van der Waals surface area contributed by atoms with E-state index in [0.29, 0.717) is 24.3 Å². The molecule has 0 saturated heterocycles. The third-order valence-corrected chi connectivity index (χ3v) is 3.00. The number of rotatable bonds is 7. The third kappa shape index (κ3) is 4.90. The van der Waals surface area contributed by atoms with Crippen LogP contribution in [0.15, 0.2) is 48.5 Å². The Bertz CT molecular complexity index is 608. The maximum atomic E-state index is 13.5. The number of nitrogens with zero attached hydrogens (tertiary/aromatic N) is 1. The van der Waals surface area contributed by atoms with Crippen molar-refractivity contribution in [3.63, 3.8) is 0 Å². The van der Waals surface area contributed by atoms with Gasteiger partial charge in [0.05, 0.1) is 18.2 Å². The average Bonchev–Trinajstić information content (AvgIpc) is 2.53. The van der Waals surface area contributed by atoms with Gasteiger partial charge in [-0.1, -0.05) is 18.2 Å². The maximum Gasteiger partial charge on any atom is 0.127 e. The van der Waals surface area contributed by atoms with Crippen LogP contribution in [0.25, 0.3) is 0 Å². The summed E-state index contributed by atoms with van der Waals surface area (Å²) < 4.78 is 19.1. The first-order chi connectivity index (χ1) is 10.3. The van der Waals surface area contributed by atoms with Crippen LogP contribution >= 0.6 is 0 Å². The van der Waals surface area contributed by atoms with Gasteiger partial charge in [-0.2, -0.15) is 5.26 Å². The smallest absolute Gasteiger partial charge is 0.127 e. The molecule has 0 radical (unpaired) electrons. The number of ether oxygens (including phenoxy) is 1. The Labute approximate surface area is 124 Å². The number of nitrogens with one attached hydrogen (secondary N) is 1. The highest BCUT2D eigenvalue weighted by Gasteiger charge is 2.03. The van der Waals surface area contributed by atoms with Crippen molar-refractivity contribution in [1.29, 1.82) is 5.26 Å². The predicted octanol–water partition coefficient (Wildman–Crippen LogP) is 3.26. The van der Waals surface area contributed by atoms with E-state index in [9.17, 15) is 4.39 Å². The van der Waals surface area contributed by atoms with E-state index in [-0.39, 0.29) is 5.82 Å². The SMILES string of the molecule is N#Cc1ccc(F)c(CNCCCOc2ccccc2)c1. The van der Waals surface area contributed by atoms with Crippen molar-refractivity contribution >= 4 is 0 Å². The molecule has 108 valence electrons. The third-order valence-electron chi connectivity index (χ3n) is 3.00. The molecule has 0 aliphatic rings. The molecule has 0 amide bonds. The molecule has 21 heavy (non-hydrogen) atoms. The second-order valence-electron chi connectivity index (χ2n) is 4.61. The molecule has 2 aromatic rings. The maximum absolute atomic E-state index is 13.5. The number of para-hydroxylation sites is 1. The first-order valence-corrected chi connectivity index (χ1v) is 6.86. The molecule has 0 aromatic heterocycles. The molecule has 0 heterocycles. The molecule has 4 heteroatoms. The summed E-state index contributed by atoms with van der Waals surface area (Å²) in [5.74, 6) is 0.562. The van der Waals surface area contributed by atoms with Gasteiger partial charge in [0.2, 0.25) is 0 Å². The number of hydrogen-bond acceptors (Lipinski definition) is 3. The Balaban J connectivity index is 1.67. The Morgan fingerprint density at radius 3 is 2.71 bits per heavy atom. The largest absolute Gasteiger partial charge is 0.494 e. The Hall–Kier alpha value is -2.38. The predicted molar refractivity (Wildman–Crippen MR) is 79.4 cm³/mol. The monoisotopic (exact) mass is 284 g/mol. The van der Waals surface area contributed by atoms with Crippen LogP contribution in [0.5, 0.6) is 5.75 Å². The summed E-state index contributed by atoms with van der Waals surface area (Å²) in [6.07, 6.45) is 0.828. The van der Waals surface area contributed by atoms with E-state index < -0.39 is 0 Å². The molecule has 0 aliphatic heterocycles. The minimum absolute atomic E-state index is 0.290. The lowest BCUT2D eigenvalue weighted by Crippen LogP contribution is -2.17. The zero-order valence-electron chi connectivity index (χ0n) is 11.7. The number of nitriles is 1. The summed E-state index contributed by atoms with van der Waals surface area (Å²) >= 11 is 0. The van der Waals surface area contributed by atoms with E-state index in [1.165, 1.54) is 12.1 Å². The van der Waals surface area contributed by atoms with Crippen LogP contribution in [-0.2, 0) is 6.54 Å². The topological polar surface area (TPSA) is 45.0 Å². The van der Waals surface area contributed by atoms with Gasteiger partial charge in [0.1, 0.15) is 11.6 Å². The van der Waals surface area contributed by atoms with Crippen LogP contribution in [0.4, 0.5) is 4.39 Å². The van der Waals surface area contributed by atoms with Crippen LogP contribution in [-0.4, -0.2) is 13.2 Å². The average molecular weight is 284 g/mol. The minimum Gasteiger partial charge on any atom is -0.494 e. The van der Waals surface area contributed by atoms with Crippen molar-refractivity contribution in [3.05, 3.63) is 65.5 Å². The zero-order valence-corrected chi connectivity index (χ0v) is 11.7. The van der Waals surface area contributed by atoms with Gasteiger partial charge in [-0.25, -0.2) is 4.39 Å². The van der Waals surface area contributed by atoms with Gasteiger partial charge >= 0.3 is 0 Å². The zero-order chi connectivity index (χ0) is 14.9. The van der Waals surface area contributed by atoms with Crippen LogP contribution in [0.2, 0.25) is 0 Å². The molecule has 3 nitrogen and oxygen atoms in total. The van der Waals surface area contributed by atoms with Crippen molar-refractivity contribution in [1.82, 2.24) is 5.32 Å². The Kier molecular flexibility index (Phi) is 5.74. The van der Waals surface area contributed by atoms with Gasteiger partial charge in [-0.15, -0.1) is 0 Å². The summed E-state index contributed by atoms with van der Waals surface area (Å²) in [5.41, 5.74) is 0.985. The summed E-state index contributed by atoms with van der Waals surface area (Å²) in [6.45, 7) is 1.74. The van der Waals surface area contributed by atoms with Crippen molar-refractivity contribution in [2.75, 3.05) is 13.2 Å². The molecule has 1 N–H and O–H groups in total. The van der Waals surface area contributed by atoms with Gasteiger partial charge < -0.3 is 10.1 Å². The van der Waals surface area contributed by atoms with E-state index in [1.54, 1.807) is 6.07 Å². The van der Waals surface area contributed by atoms with E-state index in [4.69, 9.17) is 10.00 Å². The summed E-state index contributed by atoms with van der Waals surface area (Å²) in [5, 5.41) is 11.9. The van der Waals surface area contributed by atoms with Crippen LogP contribution in [0.3, 0.4) is 0 Å². The van der Waals surface area contributed by atoms with E-state index in [2.05, 4.69) is 5.32 Å². The molecule has 0 aliphatic carbocycles. The summed E-state index contributed by atoms with van der Waals surface area (Å²) in [6, 6.07) is 16.0. The lowest BCUT2D eigenvalue weighted by molar-refractivity contribution is 0.308. The molecule has 0 saturated carbocycles. The molecule has 2 aromatic carbocycles. The quantitative estimate of drug-likeness (QED) is 0.794. The van der Waals surface area contributed by atoms with Gasteiger partial charge in [0, 0.05) is 12.1 Å². The van der Waals surface area contributed by atoms with Gasteiger partial charge in [0.15, 0.2) is 0 Å². The van der Waals surface area contributed by atoms with Gasteiger partial charge in [-0.05, 0) is 43.3 Å². The summed E-state index contributed by atoms with van der Waals surface area (Å²) in [4.78, 5) is 0. The molecule has 0 atom stereocenters. The van der Waals surface area contributed by atoms with Gasteiger partial charge in [-0.3, -0.25) is 0 Å². The highest BCUT2D eigenvalue weighted by molar-refractivity contribution is 5.33. The highest BCUT2D eigenvalue weighted by Crippen LogP contribution is 2.10. The second-order valence-corrected chi connectivity index (χ2v) is 4.61. The molecule has 0 bridgehead atoms. The van der Waals surface area contributed by atoms with Gasteiger partial charge in [0.25, 0.3) is 0 Å². The van der Waals surface area contributed by atoms with E-state index >= 15 is 0 Å². The highest BCUT2D eigenvalue weighted by atomic mass is 19.1. The van der Waals surface area contributed by atoms with Crippen molar-refractivity contribution < 1.29 is 9.13 Å². The molecule has 0 fully saturated rings. The van der Waals surface area contributed by atoms with Crippen LogP contribution in [0.1, 0.15) is 17.5 Å². The first kappa shape index (κ1) is 15.0. The molecular weight excluding hydrogens is 267 g/mol. The van der Waals surface area contributed by atoms with Crippen LogP contribution < -0.4 is 10.1 Å². The van der Waals surface area contributed by atoms with Crippen LogP contribution in [0, 0.1) is 17.1 Å². The molecular formula is C17H17FN2O. The number of hydrogen-bond donors (Lipinski definition) is 1. The minimum atomic E-state index is -0.290. The van der Waals surface area contributed by atoms with E-state index in [0.717, 1.165) is 18.7 Å². The number of halogens is 1. The standard InChI is InChI=1S/C17H17FN2O/c18-17-8-7-14(12-19)11-15(17)13-20-9-4-10-21-16-5-2-1-3-6-16/h1-3,5-8,11,20H,4,9-10,13H2. The first-order valence-electron chi connectivity index (χ1n) is 6.86. The number of benzene rings is 2. The Morgan fingerprint density at radius 2 is 1.95 bits per heavy atom. The van der Waals surface area contributed by atoms with Crippen molar-refractivity contribution in [2.24, 2.45) is 0 Å². The Morgan fingerprint density at radius 1 is 1.14 bits per heavy atom. The lowest BCUT2D eigenvalue weighted by Gasteiger charge is -2.08. The normalized spacial score (nSPS) is 10.1. The second kappa shape index (κ2) is 8.03. The molecule has 0 spiro atoms. The fourth-order valence-electron chi connectivity index (χ4n) is 1.91.